The van der Waals surface area contributed by atoms with Crippen molar-refractivity contribution >= 4 is 41.0 Å². The molecular formula is C17H15Cl2N5O3. The van der Waals surface area contributed by atoms with Crippen molar-refractivity contribution in [3.05, 3.63) is 73.8 Å². The van der Waals surface area contributed by atoms with Crippen LogP contribution in [0, 0.1) is 10.1 Å². The number of benzene rings is 2. The van der Waals surface area contributed by atoms with E-state index in [0.29, 0.717) is 22.0 Å². The molecule has 0 aromatic heterocycles. The van der Waals surface area contributed by atoms with Gasteiger partial charge in [0.05, 0.1) is 21.2 Å². The van der Waals surface area contributed by atoms with Crippen molar-refractivity contribution < 1.29 is 9.72 Å². The number of rotatable bonds is 5. The predicted molar refractivity (Wildman–Crippen MR) is 103 cm³/mol. The SMILES string of the molecule is O=C(N/N=C/c1c(Cl)cccc1Cl)C1CC(c2cccc([N+](=O)[O-])c2)NN1. The first-order valence-corrected chi connectivity index (χ1v) is 8.73. The summed E-state index contributed by atoms with van der Waals surface area (Å²) in [5, 5.41) is 15.6. The Morgan fingerprint density at radius 2 is 1.93 bits per heavy atom. The monoisotopic (exact) mass is 407 g/mol. The Morgan fingerprint density at radius 3 is 2.63 bits per heavy atom. The van der Waals surface area contributed by atoms with Crippen LogP contribution in [-0.2, 0) is 4.79 Å². The zero-order valence-electron chi connectivity index (χ0n) is 13.9. The maximum Gasteiger partial charge on any atom is 0.269 e. The highest BCUT2D eigenvalue weighted by Gasteiger charge is 2.30. The number of hydrogen-bond acceptors (Lipinski definition) is 6. The van der Waals surface area contributed by atoms with Crippen molar-refractivity contribution in [3.63, 3.8) is 0 Å². The van der Waals surface area contributed by atoms with Crippen LogP contribution in [0.5, 0.6) is 0 Å². The summed E-state index contributed by atoms with van der Waals surface area (Å²) < 4.78 is 0. The predicted octanol–water partition coefficient (Wildman–Crippen LogP) is 2.96. The molecule has 3 N–H and O–H groups in total. The van der Waals surface area contributed by atoms with Crippen molar-refractivity contribution in [2.45, 2.75) is 18.5 Å². The summed E-state index contributed by atoms with van der Waals surface area (Å²) in [6.07, 6.45) is 1.79. The molecule has 2 aromatic carbocycles. The summed E-state index contributed by atoms with van der Waals surface area (Å²) in [6, 6.07) is 10.6. The average molecular weight is 408 g/mol. The number of non-ortho nitro benzene ring substituents is 1. The Morgan fingerprint density at radius 1 is 1.22 bits per heavy atom. The number of nitrogens with one attached hydrogen (secondary N) is 3. The fourth-order valence-corrected chi connectivity index (χ4v) is 3.17. The van der Waals surface area contributed by atoms with E-state index in [-0.39, 0.29) is 17.6 Å². The highest BCUT2D eigenvalue weighted by Crippen LogP contribution is 2.25. The van der Waals surface area contributed by atoms with E-state index in [4.69, 9.17) is 23.2 Å². The van der Waals surface area contributed by atoms with Crippen molar-refractivity contribution in [1.29, 1.82) is 0 Å². The molecule has 0 bridgehead atoms. The van der Waals surface area contributed by atoms with Crippen LogP contribution < -0.4 is 16.3 Å². The third-order valence-electron chi connectivity index (χ3n) is 4.07. The molecule has 1 aliphatic heterocycles. The molecule has 10 heteroatoms. The summed E-state index contributed by atoms with van der Waals surface area (Å²) in [7, 11) is 0. The quantitative estimate of drug-likeness (QED) is 0.401. The molecule has 0 spiro atoms. The molecule has 1 saturated heterocycles. The minimum atomic E-state index is -0.548. The molecule has 1 heterocycles. The molecule has 27 heavy (non-hydrogen) atoms. The third kappa shape index (κ3) is 4.61. The topological polar surface area (TPSA) is 109 Å². The number of carbonyl (C=O) groups excluding carboxylic acids is 1. The molecule has 1 aliphatic rings. The Labute approximate surface area is 164 Å². The van der Waals surface area contributed by atoms with Gasteiger partial charge in [-0.05, 0) is 24.1 Å². The number of hydrazine groups is 1. The minimum absolute atomic E-state index is 0.00317. The van der Waals surface area contributed by atoms with Gasteiger partial charge >= 0.3 is 0 Å². The fourth-order valence-electron chi connectivity index (χ4n) is 2.67. The van der Waals surface area contributed by atoms with Crippen LogP contribution in [-0.4, -0.2) is 23.1 Å². The molecule has 3 rings (SSSR count). The van der Waals surface area contributed by atoms with Crippen LogP contribution in [0.1, 0.15) is 23.6 Å². The molecule has 1 amide bonds. The van der Waals surface area contributed by atoms with Gasteiger partial charge in [0.25, 0.3) is 11.6 Å². The largest absolute Gasteiger partial charge is 0.271 e. The van der Waals surface area contributed by atoms with Gasteiger partial charge in [-0.2, -0.15) is 5.10 Å². The molecular weight excluding hydrogens is 393 g/mol. The fraction of sp³-hybridized carbons (Fsp3) is 0.176. The Hall–Kier alpha value is -2.52. The van der Waals surface area contributed by atoms with Gasteiger partial charge < -0.3 is 0 Å². The number of nitrogens with zero attached hydrogens (tertiary/aromatic N) is 2. The van der Waals surface area contributed by atoms with E-state index in [2.05, 4.69) is 21.4 Å². The van der Waals surface area contributed by atoms with Gasteiger partial charge in [0.15, 0.2) is 0 Å². The number of amides is 1. The molecule has 0 aliphatic carbocycles. The lowest BCUT2D eigenvalue weighted by atomic mass is 10.0. The standard InChI is InChI=1S/C17H15Cl2N5O3/c18-13-5-2-6-14(19)12(13)9-20-23-17(25)16-8-15(21-22-16)10-3-1-4-11(7-10)24(26)27/h1-7,9,15-16,21-22H,8H2,(H,23,25)/b20-9+. The van der Waals surface area contributed by atoms with Gasteiger partial charge in [0.2, 0.25) is 0 Å². The van der Waals surface area contributed by atoms with Gasteiger partial charge in [-0.3, -0.25) is 14.9 Å². The first-order valence-electron chi connectivity index (χ1n) is 7.98. The van der Waals surface area contributed by atoms with Crippen LogP contribution in [0.15, 0.2) is 47.6 Å². The van der Waals surface area contributed by atoms with Gasteiger partial charge in [0, 0.05) is 23.7 Å². The van der Waals surface area contributed by atoms with Crippen LogP contribution in [0.3, 0.4) is 0 Å². The second-order valence-electron chi connectivity index (χ2n) is 5.85. The smallest absolute Gasteiger partial charge is 0.269 e. The molecule has 1 fully saturated rings. The Kier molecular flexibility index (Phi) is 6.02. The second-order valence-corrected chi connectivity index (χ2v) is 6.67. The number of nitro groups is 1. The zero-order chi connectivity index (χ0) is 19.4. The summed E-state index contributed by atoms with van der Waals surface area (Å²) >= 11 is 12.1. The number of carbonyl (C=O) groups is 1. The average Bonchev–Trinajstić information content (AvgIpc) is 3.14. The second kappa shape index (κ2) is 8.45. The van der Waals surface area contributed by atoms with Crippen LogP contribution in [0.2, 0.25) is 10.0 Å². The van der Waals surface area contributed by atoms with Crippen LogP contribution >= 0.6 is 23.2 Å². The van der Waals surface area contributed by atoms with E-state index in [0.717, 1.165) is 5.56 Å². The molecule has 0 saturated carbocycles. The summed E-state index contributed by atoms with van der Waals surface area (Å²) in [5.41, 5.74) is 9.50. The van der Waals surface area contributed by atoms with Crippen LogP contribution in [0.25, 0.3) is 0 Å². The van der Waals surface area contributed by atoms with E-state index in [9.17, 15) is 14.9 Å². The van der Waals surface area contributed by atoms with Gasteiger partial charge in [-0.15, -0.1) is 0 Å². The van der Waals surface area contributed by atoms with E-state index < -0.39 is 11.0 Å². The molecule has 0 radical (unpaired) electrons. The van der Waals surface area contributed by atoms with Crippen molar-refractivity contribution in [1.82, 2.24) is 16.3 Å². The lowest BCUT2D eigenvalue weighted by Crippen LogP contribution is -2.41. The zero-order valence-corrected chi connectivity index (χ0v) is 15.4. The van der Waals surface area contributed by atoms with Gasteiger partial charge in [0.1, 0.15) is 6.04 Å². The van der Waals surface area contributed by atoms with Crippen molar-refractivity contribution in [3.8, 4) is 0 Å². The number of halogens is 2. The number of nitro benzene ring substituents is 1. The Bertz CT molecular complexity index is 886. The van der Waals surface area contributed by atoms with E-state index >= 15 is 0 Å². The van der Waals surface area contributed by atoms with E-state index in [1.807, 2.05) is 0 Å². The van der Waals surface area contributed by atoms with Crippen LogP contribution in [0.4, 0.5) is 5.69 Å². The van der Waals surface area contributed by atoms with E-state index in [1.165, 1.54) is 18.3 Å². The molecule has 2 aromatic rings. The minimum Gasteiger partial charge on any atom is -0.271 e. The van der Waals surface area contributed by atoms with Crippen molar-refractivity contribution in [2.24, 2.45) is 5.10 Å². The van der Waals surface area contributed by atoms with Gasteiger partial charge in [-0.25, -0.2) is 16.3 Å². The lowest BCUT2D eigenvalue weighted by Gasteiger charge is -2.09. The normalized spacial score (nSPS) is 19.3. The highest BCUT2D eigenvalue weighted by molar-refractivity contribution is 6.38. The summed E-state index contributed by atoms with van der Waals surface area (Å²) in [4.78, 5) is 22.7. The summed E-state index contributed by atoms with van der Waals surface area (Å²) in [5.74, 6) is -0.352. The summed E-state index contributed by atoms with van der Waals surface area (Å²) in [6.45, 7) is 0. The maximum atomic E-state index is 12.3. The number of hydrogen-bond donors (Lipinski definition) is 3. The third-order valence-corrected chi connectivity index (χ3v) is 4.73. The molecule has 2 unspecified atom stereocenters. The highest BCUT2D eigenvalue weighted by atomic mass is 35.5. The lowest BCUT2D eigenvalue weighted by molar-refractivity contribution is -0.384. The van der Waals surface area contributed by atoms with Gasteiger partial charge in [-0.1, -0.05) is 41.4 Å². The number of hydrazone groups is 1. The first-order chi connectivity index (χ1) is 13.0. The maximum absolute atomic E-state index is 12.3. The van der Waals surface area contributed by atoms with Crippen molar-refractivity contribution in [2.75, 3.05) is 0 Å². The molecule has 140 valence electrons. The molecule has 2 atom stereocenters. The van der Waals surface area contributed by atoms with E-state index in [1.54, 1.807) is 30.3 Å². The molecule has 8 nitrogen and oxygen atoms in total. The first kappa shape index (κ1) is 19.2. The Balaban J connectivity index is 1.60.